The molecule has 6 nitrogen and oxygen atoms in total. The van der Waals surface area contributed by atoms with Crippen LogP contribution in [0.2, 0.25) is 0 Å². The number of amides is 1. The lowest BCUT2D eigenvalue weighted by Crippen LogP contribution is -2.16. The molecule has 0 radical (unpaired) electrons. The van der Waals surface area contributed by atoms with E-state index in [1.54, 1.807) is 41.1 Å². The second-order valence-corrected chi connectivity index (χ2v) is 4.47. The first-order chi connectivity index (χ1) is 10.0. The summed E-state index contributed by atoms with van der Waals surface area (Å²) in [4.78, 5) is 23.5. The van der Waals surface area contributed by atoms with Gasteiger partial charge in [0.1, 0.15) is 5.69 Å². The summed E-state index contributed by atoms with van der Waals surface area (Å²) in [6.45, 7) is 2.59. The summed E-state index contributed by atoms with van der Waals surface area (Å²) in [5.74, 6) is -0.667. The fourth-order valence-electron chi connectivity index (χ4n) is 1.99. The van der Waals surface area contributed by atoms with Crippen molar-refractivity contribution in [3.05, 3.63) is 47.8 Å². The van der Waals surface area contributed by atoms with Crippen LogP contribution in [-0.2, 0) is 11.3 Å². The quantitative estimate of drug-likeness (QED) is 0.843. The fourth-order valence-corrected chi connectivity index (χ4v) is 1.99. The number of carbonyl (C=O) groups is 2. The van der Waals surface area contributed by atoms with E-state index in [0.29, 0.717) is 29.2 Å². The lowest BCUT2D eigenvalue weighted by molar-refractivity contribution is 0.0600. The molecule has 0 fully saturated rings. The normalized spacial score (nSPS) is 10.2. The number of nitrogen functional groups attached to an aromatic ring is 1. The van der Waals surface area contributed by atoms with Crippen molar-refractivity contribution in [1.29, 1.82) is 0 Å². The van der Waals surface area contributed by atoms with Crippen molar-refractivity contribution in [1.82, 2.24) is 4.57 Å². The number of benzene rings is 1. The number of aryl methyl sites for hydroxylation is 1. The molecule has 0 aliphatic rings. The van der Waals surface area contributed by atoms with Gasteiger partial charge in [0, 0.05) is 18.4 Å². The van der Waals surface area contributed by atoms with Crippen molar-refractivity contribution in [2.24, 2.45) is 0 Å². The second kappa shape index (κ2) is 6.13. The van der Waals surface area contributed by atoms with E-state index in [2.05, 4.69) is 10.1 Å². The van der Waals surface area contributed by atoms with E-state index in [4.69, 9.17) is 5.73 Å². The molecule has 2 aromatic rings. The zero-order valence-corrected chi connectivity index (χ0v) is 11.9. The van der Waals surface area contributed by atoms with Crippen LogP contribution >= 0.6 is 0 Å². The molecule has 0 unspecified atom stereocenters. The maximum Gasteiger partial charge on any atom is 0.337 e. The molecule has 0 atom stereocenters. The minimum atomic E-state index is -0.416. The second-order valence-electron chi connectivity index (χ2n) is 4.47. The van der Waals surface area contributed by atoms with E-state index >= 15 is 0 Å². The largest absolute Gasteiger partial charge is 0.465 e. The number of esters is 1. The maximum absolute atomic E-state index is 12.2. The van der Waals surface area contributed by atoms with Gasteiger partial charge in [-0.15, -0.1) is 0 Å². The van der Waals surface area contributed by atoms with Gasteiger partial charge in [-0.3, -0.25) is 4.79 Å². The SMILES string of the molecule is CCn1cc(N)cc1C(=O)Nc1ccc(C(=O)OC)cc1. The van der Waals surface area contributed by atoms with Gasteiger partial charge < -0.3 is 20.4 Å². The van der Waals surface area contributed by atoms with Crippen molar-refractivity contribution < 1.29 is 14.3 Å². The Morgan fingerprint density at radius 1 is 1.29 bits per heavy atom. The molecule has 0 aliphatic carbocycles. The summed E-state index contributed by atoms with van der Waals surface area (Å²) < 4.78 is 6.39. The molecule has 1 aromatic heterocycles. The zero-order chi connectivity index (χ0) is 15.4. The number of ether oxygens (including phenoxy) is 1. The van der Waals surface area contributed by atoms with Crippen molar-refractivity contribution in [3.8, 4) is 0 Å². The van der Waals surface area contributed by atoms with Crippen molar-refractivity contribution in [2.75, 3.05) is 18.2 Å². The van der Waals surface area contributed by atoms with Crippen molar-refractivity contribution in [3.63, 3.8) is 0 Å². The Bertz CT molecular complexity index is 659. The average molecular weight is 287 g/mol. The van der Waals surface area contributed by atoms with Crippen LogP contribution < -0.4 is 11.1 Å². The van der Waals surface area contributed by atoms with Crippen molar-refractivity contribution in [2.45, 2.75) is 13.5 Å². The molecule has 2 rings (SSSR count). The summed E-state index contributed by atoms with van der Waals surface area (Å²) in [6.07, 6.45) is 1.72. The van der Waals surface area contributed by atoms with Crippen LogP contribution in [0.1, 0.15) is 27.8 Å². The van der Waals surface area contributed by atoms with Gasteiger partial charge in [0.05, 0.1) is 18.4 Å². The van der Waals surface area contributed by atoms with Crippen LogP contribution in [-0.4, -0.2) is 23.6 Å². The van der Waals surface area contributed by atoms with Crippen LogP contribution in [0, 0.1) is 0 Å². The fraction of sp³-hybridized carbons (Fsp3) is 0.200. The first kappa shape index (κ1) is 14.6. The Morgan fingerprint density at radius 3 is 2.52 bits per heavy atom. The van der Waals surface area contributed by atoms with Gasteiger partial charge in [0.2, 0.25) is 0 Å². The standard InChI is InChI=1S/C15H17N3O3/c1-3-18-9-11(16)8-13(18)14(19)17-12-6-4-10(5-7-12)15(20)21-2/h4-9H,3,16H2,1-2H3,(H,17,19). The van der Waals surface area contributed by atoms with Gasteiger partial charge in [0.25, 0.3) is 5.91 Å². The lowest BCUT2D eigenvalue weighted by Gasteiger charge is -2.08. The van der Waals surface area contributed by atoms with E-state index in [0.717, 1.165) is 0 Å². The highest BCUT2D eigenvalue weighted by atomic mass is 16.5. The molecule has 6 heteroatoms. The Hall–Kier alpha value is -2.76. The highest BCUT2D eigenvalue weighted by molar-refractivity contribution is 6.04. The van der Waals surface area contributed by atoms with Crippen LogP contribution in [0.3, 0.4) is 0 Å². The number of aromatic nitrogens is 1. The Kier molecular flexibility index (Phi) is 4.27. The first-order valence-corrected chi connectivity index (χ1v) is 6.50. The number of rotatable bonds is 4. The minimum Gasteiger partial charge on any atom is -0.465 e. The van der Waals surface area contributed by atoms with E-state index in [-0.39, 0.29) is 5.91 Å². The average Bonchev–Trinajstić information content (AvgIpc) is 2.88. The van der Waals surface area contributed by atoms with Crippen molar-refractivity contribution >= 4 is 23.3 Å². The predicted molar refractivity (Wildman–Crippen MR) is 80.3 cm³/mol. The third-order valence-corrected chi connectivity index (χ3v) is 3.05. The van der Waals surface area contributed by atoms with Gasteiger partial charge >= 0.3 is 5.97 Å². The summed E-state index contributed by atoms with van der Waals surface area (Å²) in [7, 11) is 1.32. The van der Waals surface area contributed by atoms with E-state index in [1.165, 1.54) is 7.11 Å². The predicted octanol–water partition coefficient (Wildman–Crippen LogP) is 2.13. The highest BCUT2D eigenvalue weighted by Gasteiger charge is 2.12. The summed E-state index contributed by atoms with van der Waals surface area (Å²) in [5.41, 5.74) is 7.76. The van der Waals surface area contributed by atoms with Gasteiger partial charge in [-0.05, 0) is 37.3 Å². The minimum absolute atomic E-state index is 0.251. The summed E-state index contributed by atoms with van der Waals surface area (Å²) in [5, 5.41) is 2.76. The van der Waals surface area contributed by atoms with E-state index < -0.39 is 5.97 Å². The molecule has 1 aromatic carbocycles. The molecule has 0 saturated heterocycles. The molecule has 110 valence electrons. The number of carbonyl (C=O) groups excluding carboxylic acids is 2. The van der Waals surface area contributed by atoms with Gasteiger partial charge in [-0.25, -0.2) is 4.79 Å². The number of nitrogens with zero attached hydrogens (tertiary/aromatic N) is 1. The number of nitrogens with two attached hydrogens (primary N) is 1. The number of hydrogen-bond acceptors (Lipinski definition) is 4. The molecular weight excluding hydrogens is 270 g/mol. The monoisotopic (exact) mass is 287 g/mol. The Balaban J connectivity index is 2.14. The number of anilines is 2. The first-order valence-electron chi connectivity index (χ1n) is 6.50. The zero-order valence-electron chi connectivity index (χ0n) is 11.9. The molecule has 1 amide bonds. The van der Waals surface area contributed by atoms with Crippen LogP contribution in [0.25, 0.3) is 0 Å². The number of nitrogens with one attached hydrogen (secondary N) is 1. The van der Waals surface area contributed by atoms with Crippen LogP contribution in [0.15, 0.2) is 36.5 Å². The van der Waals surface area contributed by atoms with E-state index in [9.17, 15) is 9.59 Å². The third kappa shape index (κ3) is 3.22. The molecule has 0 aliphatic heterocycles. The molecular formula is C15H17N3O3. The van der Waals surface area contributed by atoms with Gasteiger partial charge in [-0.2, -0.15) is 0 Å². The van der Waals surface area contributed by atoms with E-state index in [1.807, 2.05) is 6.92 Å². The lowest BCUT2D eigenvalue weighted by atomic mass is 10.2. The van der Waals surface area contributed by atoms with Gasteiger partial charge in [0.15, 0.2) is 0 Å². The van der Waals surface area contributed by atoms with Crippen LogP contribution in [0.5, 0.6) is 0 Å². The summed E-state index contributed by atoms with van der Waals surface area (Å²) >= 11 is 0. The van der Waals surface area contributed by atoms with Crippen LogP contribution in [0.4, 0.5) is 11.4 Å². The topological polar surface area (TPSA) is 86.4 Å². The molecule has 3 N–H and O–H groups in total. The third-order valence-electron chi connectivity index (χ3n) is 3.05. The Morgan fingerprint density at radius 2 is 1.95 bits per heavy atom. The molecule has 0 bridgehead atoms. The maximum atomic E-state index is 12.2. The molecule has 0 spiro atoms. The molecule has 1 heterocycles. The summed E-state index contributed by atoms with van der Waals surface area (Å²) in [6, 6.07) is 8.10. The number of methoxy groups -OCH3 is 1. The number of hydrogen-bond donors (Lipinski definition) is 2. The molecule has 0 saturated carbocycles. The highest BCUT2D eigenvalue weighted by Crippen LogP contribution is 2.15. The molecule has 21 heavy (non-hydrogen) atoms. The Labute approximate surface area is 122 Å². The smallest absolute Gasteiger partial charge is 0.337 e. The van der Waals surface area contributed by atoms with Gasteiger partial charge in [-0.1, -0.05) is 0 Å².